The molecule has 2 heterocycles. The zero-order chi connectivity index (χ0) is 31.0. The monoisotopic (exact) mass is 640 g/mol. The number of halogens is 9. The Morgan fingerprint density at radius 2 is 1.52 bits per heavy atom. The van der Waals surface area contributed by atoms with Gasteiger partial charge in [0.1, 0.15) is 11.6 Å². The minimum atomic E-state index is -5.18. The number of amides is 1. The van der Waals surface area contributed by atoms with E-state index in [9.17, 15) is 36.6 Å². The third-order valence-corrected chi connectivity index (χ3v) is 7.45. The van der Waals surface area contributed by atoms with Gasteiger partial charge in [-0.15, -0.1) is 0 Å². The molecular weight excluding hydrogens is 620 g/mol. The number of hydrogen-bond acceptors (Lipinski definition) is 4. The van der Waals surface area contributed by atoms with Crippen LogP contribution in [0.3, 0.4) is 0 Å². The molecule has 1 amide bonds. The molecule has 0 spiro atoms. The van der Waals surface area contributed by atoms with Crippen molar-refractivity contribution in [2.24, 2.45) is 5.92 Å². The smallest absolute Gasteiger partial charge is 0.433 e. The number of carboxylic acid groups (broad SMARTS) is 1. The van der Waals surface area contributed by atoms with Gasteiger partial charge < -0.3 is 10.0 Å². The van der Waals surface area contributed by atoms with Crippen molar-refractivity contribution < 1.29 is 45.4 Å². The average Bonchev–Trinajstić information content (AvgIpc) is 3.33. The first-order chi connectivity index (χ1) is 19.6. The van der Waals surface area contributed by atoms with Gasteiger partial charge in [0.05, 0.1) is 45.9 Å². The van der Waals surface area contributed by atoms with E-state index >= 15 is 8.78 Å². The van der Waals surface area contributed by atoms with Crippen LogP contribution in [-0.4, -0.2) is 43.2 Å². The molecule has 2 aromatic heterocycles. The summed E-state index contributed by atoms with van der Waals surface area (Å²) < 4.78 is 103. The highest BCUT2D eigenvalue weighted by molar-refractivity contribution is 6.35. The van der Waals surface area contributed by atoms with E-state index in [1.807, 2.05) is 0 Å². The van der Waals surface area contributed by atoms with Gasteiger partial charge in [0.15, 0.2) is 5.69 Å². The maximum absolute atomic E-state index is 15.6. The summed E-state index contributed by atoms with van der Waals surface area (Å²) in [5.74, 6) is -9.65. The molecule has 0 radical (unpaired) electrons. The number of nitrogens with zero attached hydrogens (tertiary/aromatic N) is 4. The third kappa shape index (κ3) is 6.80. The second-order valence-electron chi connectivity index (χ2n) is 9.81. The van der Waals surface area contributed by atoms with E-state index in [1.165, 1.54) is 0 Å². The summed E-state index contributed by atoms with van der Waals surface area (Å²) in [4.78, 5) is 28.7. The molecule has 42 heavy (non-hydrogen) atoms. The van der Waals surface area contributed by atoms with Gasteiger partial charge in [-0.2, -0.15) is 27.1 Å². The number of carbonyl (C=O) groups is 2. The molecule has 0 aliphatic heterocycles. The molecule has 1 aromatic carbocycles. The van der Waals surface area contributed by atoms with Gasteiger partial charge in [-0.05, 0) is 43.4 Å². The minimum Gasteiger partial charge on any atom is -0.481 e. The Morgan fingerprint density at radius 1 is 0.952 bits per heavy atom. The summed E-state index contributed by atoms with van der Waals surface area (Å²) in [6.07, 6.45) is -2.72. The largest absolute Gasteiger partial charge is 0.481 e. The quantitative estimate of drug-likeness (QED) is 0.265. The number of aromatic nitrogens is 3. The van der Waals surface area contributed by atoms with Crippen molar-refractivity contribution in [3.05, 3.63) is 80.9 Å². The Bertz CT molecular complexity index is 1450. The molecule has 0 atom stereocenters. The van der Waals surface area contributed by atoms with Crippen LogP contribution < -0.4 is 0 Å². The van der Waals surface area contributed by atoms with Crippen molar-refractivity contribution in [1.29, 1.82) is 0 Å². The molecule has 0 unspecified atom stereocenters. The lowest BCUT2D eigenvalue weighted by atomic mass is 9.86. The summed E-state index contributed by atoms with van der Waals surface area (Å²) >= 11 is 11.7. The lowest BCUT2D eigenvalue weighted by molar-refractivity contribution is -0.147. The van der Waals surface area contributed by atoms with Crippen LogP contribution in [0.15, 0.2) is 36.8 Å². The number of rotatable bonds is 8. The van der Waals surface area contributed by atoms with Crippen molar-refractivity contribution in [2.75, 3.05) is 6.54 Å². The first-order valence-electron chi connectivity index (χ1n) is 12.4. The van der Waals surface area contributed by atoms with Gasteiger partial charge in [0.2, 0.25) is 0 Å². The van der Waals surface area contributed by atoms with Crippen LogP contribution in [0, 0.1) is 17.6 Å². The lowest BCUT2D eigenvalue weighted by Gasteiger charge is -2.30. The average molecular weight is 641 g/mol. The van der Waals surface area contributed by atoms with E-state index in [1.54, 1.807) is 0 Å². The Balaban J connectivity index is 1.76. The highest BCUT2D eigenvalue weighted by Gasteiger charge is 2.45. The van der Waals surface area contributed by atoms with Gasteiger partial charge in [0, 0.05) is 25.0 Å². The fourth-order valence-electron chi connectivity index (χ4n) is 5.02. The fourth-order valence-corrected chi connectivity index (χ4v) is 5.66. The molecule has 1 aliphatic rings. The van der Waals surface area contributed by atoms with Crippen LogP contribution in [0.4, 0.5) is 30.7 Å². The molecule has 0 bridgehead atoms. The number of carbonyl (C=O) groups excluding carboxylic acids is 1. The minimum absolute atomic E-state index is 0.0127. The standard InChI is InChI=1S/C26H21Cl2F7N4O3/c27-19-9-36-10-20(28)21(19)25(31,32)12-38(11-13-5-15(29)7-16(30)6-13)23(40)18-8-37-39(22(18)26(33,34)35)17-3-1-14(2-4-17)24(41)42/h5-10,14,17H,1-4,11-12H2,(H,41,42)/t14-,17-. The first-order valence-corrected chi connectivity index (χ1v) is 13.1. The number of benzene rings is 1. The molecule has 1 saturated carbocycles. The van der Waals surface area contributed by atoms with E-state index in [0.717, 1.165) is 24.5 Å². The van der Waals surface area contributed by atoms with Crippen LogP contribution in [0.2, 0.25) is 10.0 Å². The van der Waals surface area contributed by atoms with Crippen molar-refractivity contribution >= 4 is 35.1 Å². The number of pyridine rings is 1. The lowest BCUT2D eigenvalue weighted by Crippen LogP contribution is -2.40. The number of hydrogen-bond donors (Lipinski definition) is 1. The van der Waals surface area contributed by atoms with Crippen molar-refractivity contribution in [1.82, 2.24) is 19.7 Å². The Hall–Kier alpha value is -3.39. The molecule has 1 aliphatic carbocycles. The number of aliphatic carboxylic acids is 1. The molecule has 1 fully saturated rings. The highest BCUT2D eigenvalue weighted by atomic mass is 35.5. The van der Waals surface area contributed by atoms with E-state index < -0.39 is 87.5 Å². The highest BCUT2D eigenvalue weighted by Crippen LogP contribution is 2.41. The normalized spacial score (nSPS) is 17.7. The zero-order valence-electron chi connectivity index (χ0n) is 21.3. The molecule has 16 heteroatoms. The second-order valence-corrected chi connectivity index (χ2v) is 10.6. The fraction of sp³-hybridized carbons (Fsp3) is 0.385. The molecular formula is C26H21Cl2F7N4O3. The Kier molecular flexibility index (Phi) is 9.07. The van der Waals surface area contributed by atoms with E-state index in [0.29, 0.717) is 21.8 Å². The van der Waals surface area contributed by atoms with Crippen LogP contribution in [0.1, 0.15) is 58.9 Å². The van der Waals surface area contributed by atoms with E-state index in [-0.39, 0.29) is 31.2 Å². The van der Waals surface area contributed by atoms with Crippen LogP contribution in [-0.2, 0) is 23.4 Å². The van der Waals surface area contributed by atoms with Crippen LogP contribution >= 0.6 is 23.2 Å². The predicted octanol–water partition coefficient (Wildman–Crippen LogP) is 7.13. The Labute approximate surface area is 243 Å². The topological polar surface area (TPSA) is 88.3 Å². The summed E-state index contributed by atoms with van der Waals surface area (Å²) in [6.45, 7) is -2.50. The van der Waals surface area contributed by atoms with Crippen LogP contribution in [0.25, 0.3) is 0 Å². The van der Waals surface area contributed by atoms with Gasteiger partial charge in [-0.1, -0.05) is 23.2 Å². The summed E-state index contributed by atoms with van der Waals surface area (Å²) in [5.41, 5.74) is -3.88. The molecule has 0 saturated heterocycles. The van der Waals surface area contributed by atoms with Gasteiger partial charge >= 0.3 is 12.1 Å². The van der Waals surface area contributed by atoms with Crippen molar-refractivity contribution in [3.63, 3.8) is 0 Å². The zero-order valence-corrected chi connectivity index (χ0v) is 22.8. The maximum Gasteiger partial charge on any atom is 0.433 e. The molecule has 3 aromatic rings. The van der Waals surface area contributed by atoms with Gasteiger partial charge in [0.25, 0.3) is 11.8 Å². The predicted molar refractivity (Wildman–Crippen MR) is 135 cm³/mol. The van der Waals surface area contributed by atoms with Crippen molar-refractivity contribution in [2.45, 2.75) is 50.4 Å². The SMILES string of the molecule is O=C(c1cnn([C@H]2CC[C@H](C(=O)O)CC2)c1C(F)(F)F)N(Cc1cc(F)cc(F)c1)CC(F)(F)c1c(Cl)cncc1Cl. The Morgan fingerprint density at radius 3 is 2.05 bits per heavy atom. The van der Waals surface area contributed by atoms with Crippen molar-refractivity contribution in [3.8, 4) is 0 Å². The molecule has 1 N–H and O–H groups in total. The summed E-state index contributed by atoms with van der Waals surface area (Å²) in [5, 5.41) is 11.8. The maximum atomic E-state index is 15.6. The first kappa shape index (κ1) is 31.5. The van der Waals surface area contributed by atoms with E-state index in [2.05, 4.69) is 10.1 Å². The summed E-state index contributed by atoms with van der Waals surface area (Å²) in [7, 11) is 0. The van der Waals surface area contributed by atoms with Gasteiger partial charge in [-0.25, -0.2) is 8.78 Å². The van der Waals surface area contributed by atoms with Crippen LogP contribution in [0.5, 0.6) is 0 Å². The number of carboxylic acids is 1. The van der Waals surface area contributed by atoms with Gasteiger partial charge in [-0.3, -0.25) is 19.3 Å². The summed E-state index contributed by atoms with van der Waals surface area (Å²) in [6, 6.07) is 1.05. The van der Waals surface area contributed by atoms with E-state index in [4.69, 9.17) is 23.2 Å². The molecule has 7 nitrogen and oxygen atoms in total. The molecule has 226 valence electrons. The molecule has 4 rings (SSSR count). The second kappa shape index (κ2) is 12.1. The third-order valence-electron chi connectivity index (χ3n) is 6.88. The number of alkyl halides is 5.